The van der Waals surface area contributed by atoms with Crippen molar-refractivity contribution in [1.82, 2.24) is 29.7 Å². The molecule has 2 amide bonds. The van der Waals surface area contributed by atoms with E-state index in [9.17, 15) is 9.59 Å². The molecule has 4 rings (SSSR count). The van der Waals surface area contributed by atoms with E-state index < -0.39 is 5.91 Å². The van der Waals surface area contributed by atoms with Gasteiger partial charge in [0.25, 0.3) is 11.8 Å². The van der Waals surface area contributed by atoms with Crippen LogP contribution in [0.15, 0.2) is 54.9 Å². The highest BCUT2D eigenvalue weighted by Gasteiger charge is 2.23. The molecule has 0 fully saturated rings. The van der Waals surface area contributed by atoms with Crippen LogP contribution in [0.25, 0.3) is 17.0 Å². The molecule has 0 radical (unpaired) electrons. The predicted octanol–water partition coefficient (Wildman–Crippen LogP) is 2.85. The van der Waals surface area contributed by atoms with Crippen LogP contribution < -0.4 is 5.32 Å². The average molecular weight is 403 g/mol. The van der Waals surface area contributed by atoms with Gasteiger partial charge in [-0.2, -0.15) is 5.10 Å². The Morgan fingerprint density at radius 2 is 1.93 bits per heavy atom. The first-order valence-corrected chi connectivity index (χ1v) is 9.48. The summed E-state index contributed by atoms with van der Waals surface area (Å²) in [6.07, 6.45) is 3.08. The van der Waals surface area contributed by atoms with Crippen LogP contribution in [-0.4, -0.2) is 54.6 Å². The van der Waals surface area contributed by atoms with E-state index in [1.54, 1.807) is 34.8 Å². The summed E-state index contributed by atoms with van der Waals surface area (Å²) < 4.78 is 1.64. The SMILES string of the molecule is CC(C)N(C)C(=O)c1cn[nH]c1C(=O)Nc1ccn2nc(-c3ccccc3)nc2c1. The first-order chi connectivity index (χ1) is 14.4. The summed E-state index contributed by atoms with van der Waals surface area (Å²) in [7, 11) is 1.69. The van der Waals surface area contributed by atoms with Gasteiger partial charge in [0.15, 0.2) is 11.5 Å². The molecule has 0 atom stereocenters. The van der Waals surface area contributed by atoms with Crippen molar-refractivity contribution in [2.75, 3.05) is 12.4 Å². The van der Waals surface area contributed by atoms with Gasteiger partial charge in [0.2, 0.25) is 0 Å². The third-order valence-corrected chi connectivity index (χ3v) is 4.82. The molecule has 9 nitrogen and oxygen atoms in total. The van der Waals surface area contributed by atoms with E-state index in [1.807, 2.05) is 44.2 Å². The normalized spacial score (nSPS) is 11.1. The zero-order valence-corrected chi connectivity index (χ0v) is 16.8. The van der Waals surface area contributed by atoms with E-state index in [2.05, 4.69) is 25.6 Å². The molecule has 30 heavy (non-hydrogen) atoms. The number of fused-ring (bicyclic) bond motifs is 1. The van der Waals surface area contributed by atoms with Gasteiger partial charge in [-0.25, -0.2) is 9.50 Å². The number of hydrogen-bond acceptors (Lipinski definition) is 5. The van der Waals surface area contributed by atoms with Gasteiger partial charge in [0.05, 0.1) is 11.8 Å². The van der Waals surface area contributed by atoms with Gasteiger partial charge >= 0.3 is 0 Å². The fourth-order valence-corrected chi connectivity index (χ4v) is 2.91. The van der Waals surface area contributed by atoms with E-state index in [4.69, 9.17) is 0 Å². The molecule has 0 aliphatic rings. The first-order valence-electron chi connectivity index (χ1n) is 9.48. The zero-order chi connectivity index (χ0) is 21.3. The van der Waals surface area contributed by atoms with Crippen molar-refractivity contribution in [3.8, 4) is 11.4 Å². The maximum absolute atomic E-state index is 12.8. The first kappa shape index (κ1) is 19.3. The van der Waals surface area contributed by atoms with Crippen LogP contribution in [0.5, 0.6) is 0 Å². The van der Waals surface area contributed by atoms with Crippen LogP contribution in [0.4, 0.5) is 5.69 Å². The van der Waals surface area contributed by atoms with Gasteiger partial charge in [-0.1, -0.05) is 30.3 Å². The van der Waals surface area contributed by atoms with Gasteiger partial charge in [-0.15, -0.1) is 5.10 Å². The lowest BCUT2D eigenvalue weighted by Gasteiger charge is -2.21. The summed E-state index contributed by atoms with van der Waals surface area (Å²) in [5.41, 5.74) is 2.36. The summed E-state index contributed by atoms with van der Waals surface area (Å²) in [6, 6.07) is 13.1. The number of aromatic nitrogens is 5. The second-order valence-corrected chi connectivity index (χ2v) is 7.14. The van der Waals surface area contributed by atoms with Gasteiger partial charge in [-0.05, 0) is 19.9 Å². The number of carbonyl (C=O) groups excluding carboxylic acids is 2. The molecule has 1 aromatic carbocycles. The molecule has 0 unspecified atom stereocenters. The van der Waals surface area contributed by atoms with E-state index in [0.717, 1.165) is 5.56 Å². The van der Waals surface area contributed by atoms with E-state index in [0.29, 0.717) is 17.2 Å². The third kappa shape index (κ3) is 3.64. The molecule has 9 heteroatoms. The highest BCUT2D eigenvalue weighted by atomic mass is 16.2. The second-order valence-electron chi connectivity index (χ2n) is 7.14. The summed E-state index contributed by atoms with van der Waals surface area (Å²) in [5.74, 6) is -0.137. The number of amides is 2. The van der Waals surface area contributed by atoms with Gasteiger partial charge in [0, 0.05) is 36.6 Å². The van der Waals surface area contributed by atoms with Crippen molar-refractivity contribution in [1.29, 1.82) is 0 Å². The fraction of sp³-hybridized carbons (Fsp3) is 0.190. The molecule has 3 aromatic heterocycles. The van der Waals surface area contributed by atoms with Gasteiger partial charge in [0.1, 0.15) is 5.69 Å². The lowest BCUT2D eigenvalue weighted by Crippen LogP contribution is -2.34. The lowest BCUT2D eigenvalue weighted by molar-refractivity contribution is 0.0750. The zero-order valence-electron chi connectivity index (χ0n) is 16.8. The van der Waals surface area contributed by atoms with Crippen LogP contribution in [0, 0.1) is 0 Å². The number of nitrogens with one attached hydrogen (secondary N) is 2. The molecular formula is C21H21N7O2. The predicted molar refractivity (Wildman–Crippen MR) is 112 cm³/mol. The summed E-state index contributed by atoms with van der Waals surface area (Å²) in [6.45, 7) is 3.80. The Labute approximate surface area is 172 Å². The third-order valence-electron chi connectivity index (χ3n) is 4.82. The molecule has 0 saturated carbocycles. The Morgan fingerprint density at radius 3 is 2.67 bits per heavy atom. The van der Waals surface area contributed by atoms with Crippen molar-refractivity contribution in [3.05, 3.63) is 66.1 Å². The largest absolute Gasteiger partial charge is 0.339 e. The van der Waals surface area contributed by atoms with Crippen molar-refractivity contribution in [2.45, 2.75) is 19.9 Å². The van der Waals surface area contributed by atoms with Crippen LogP contribution in [0.2, 0.25) is 0 Å². The highest BCUT2D eigenvalue weighted by molar-refractivity contribution is 6.10. The molecule has 0 aliphatic heterocycles. The van der Waals surface area contributed by atoms with Crippen molar-refractivity contribution in [2.24, 2.45) is 0 Å². The lowest BCUT2D eigenvalue weighted by atomic mass is 10.2. The maximum atomic E-state index is 12.8. The smallest absolute Gasteiger partial charge is 0.274 e. The Bertz CT molecular complexity index is 1210. The molecule has 0 spiro atoms. The molecule has 0 bridgehead atoms. The number of benzene rings is 1. The number of pyridine rings is 1. The number of carbonyl (C=O) groups is 2. The standard InChI is InChI=1S/C21H21N7O2/c1-13(2)27(3)21(30)16-12-22-25-18(16)20(29)23-15-9-10-28-17(11-15)24-19(26-28)14-7-5-4-6-8-14/h4-13H,1-3H3,(H,22,25)(H,23,29). The summed E-state index contributed by atoms with van der Waals surface area (Å²) >= 11 is 0. The number of rotatable bonds is 5. The van der Waals surface area contributed by atoms with Crippen LogP contribution in [0.3, 0.4) is 0 Å². The topological polar surface area (TPSA) is 108 Å². The second kappa shape index (κ2) is 7.78. The van der Waals surface area contributed by atoms with E-state index >= 15 is 0 Å². The van der Waals surface area contributed by atoms with Crippen LogP contribution >= 0.6 is 0 Å². The minimum Gasteiger partial charge on any atom is -0.339 e. The molecule has 152 valence electrons. The highest BCUT2D eigenvalue weighted by Crippen LogP contribution is 2.19. The molecule has 0 aliphatic carbocycles. The number of hydrogen-bond donors (Lipinski definition) is 2. The summed E-state index contributed by atoms with van der Waals surface area (Å²) in [5, 5.41) is 13.7. The molecule has 3 heterocycles. The number of aromatic amines is 1. The van der Waals surface area contributed by atoms with Crippen LogP contribution in [0.1, 0.15) is 34.7 Å². The quantitative estimate of drug-likeness (QED) is 0.533. The minimum absolute atomic E-state index is 0.00234. The monoisotopic (exact) mass is 403 g/mol. The minimum atomic E-state index is -0.458. The Hall–Kier alpha value is -4.01. The molecule has 0 saturated heterocycles. The number of anilines is 1. The Morgan fingerprint density at radius 1 is 1.17 bits per heavy atom. The van der Waals surface area contributed by atoms with Crippen molar-refractivity contribution in [3.63, 3.8) is 0 Å². The van der Waals surface area contributed by atoms with E-state index in [-0.39, 0.29) is 23.2 Å². The van der Waals surface area contributed by atoms with Crippen molar-refractivity contribution < 1.29 is 9.59 Å². The molecule has 4 aromatic rings. The van der Waals surface area contributed by atoms with Gasteiger partial charge < -0.3 is 10.2 Å². The number of nitrogens with zero attached hydrogens (tertiary/aromatic N) is 5. The van der Waals surface area contributed by atoms with E-state index in [1.165, 1.54) is 6.20 Å². The Balaban J connectivity index is 1.57. The molecule has 2 N–H and O–H groups in total. The summed E-state index contributed by atoms with van der Waals surface area (Å²) in [4.78, 5) is 31.4. The molecular weight excluding hydrogens is 382 g/mol. The Kier molecular flexibility index (Phi) is 5.01. The van der Waals surface area contributed by atoms with Crippen LogP contribution in [-0.2, 0) is 0 Å². The maximum Gasteiger partial charge on any atom is 0.274 e. The fourth-order valence-electron chi connectivity index (χ4n) is 2.91. The van der Waals surface area contributed by atoms with Crippen molar-refractivity contribution >= 4 is 23.1 Å². The average Bonchev–Trinajstić information content (AvgIpc) is 3.40. The van der Waals surface area contributed by atoms with Gasteiger partial charge in [-0.3, -0.25) is 14.7 Å². The number of H-pyrrole nitrogens is 1.